The Morgan fingerprint density at radius 1 is 1.33 bits per heavy atom. The maximum absolute atomic E-state index is 12.7. The minimum Gasteiger partial charge on any atom is -0.306 e. The van der Waals surface area contributed by atoms with Gasteiger partial charge in [0.25, 0.3) is 5.56 Å². The van der Waals surface area contributed by atoms with Crippen molar-refractivity contribution < 1.29 is 0 Å². The minimum absolute atomic E-state index is 0.0609. The van der Waals surface area contributed by atoms with Gasteiger partial charge in [0.15, 0.2) is 4.96 Å². The first kappa shape index (κ1) is 16.3. The highest BCUT2D eigenvalue weighted by Crippen LogP contribution is 2.22. The van der Waals surface area contributed by atoms with Crippen LogP contribution in [0, 0.1) is 6.92 Å². The molecule has 1 aliphatic rings. The number of nitrogens with zero attached hydrogens (tertiary/aromatic N) is 5. The van der Waals surface area contributed by atoms with Crippen molar-refractivity contribution in [3.63, 3.8) is 0 Å². The third kappa shape index (κ3) is 2.87. The van der Waals surface area contributed by atoms with Crippen LogP contribution < -0.4 is 5.56 Å². The van der Waals surface area contributed by atoms with Gasteiger partial charge in [-0.15, -0.1) is 11.3 Å². The van der Waals surface area contributed by atoms with Gasteiger partial charge in [-0.1, -0.05) is 0 Å². The van der Waals surface area contributed by atoms with Gasteiger partial charge in [0.05, 0.1) is 22.6 Å². The minimum atomic E-state index is -0.0609. The number of pyridine rings is 1. The van der Waals surface area contributed by atoms with E-state index in [1.165, 1.54) is 5.69 Å². The summed E-state index contributed by atoms with van der Waals surface area (Å²) in [5.74, 6) is 0.590. The number of hydrogen-bond acceptors (Lipinski definition) is 6. The lowest BCUT2D eigenvalue weighted by Crippen LogP contribution is -2.35. The highest BCUT2D eigenvalue weighted by molar-refractivity contribution is 7.15. The Balaban J connectivity index is 1.44. The van der Waals surface area contributed by atoms with Crippen LogP contribution in [0.3, 0.4) is 0 Å². The number of imidazole rings is 1. The van der Waals surface area contributed by atoms with Crippen LogP contribution in [-0.2, 0) is 19.5 Å². The van der Waals surface area contributed by atoms with Gasteiger partial charge >= 0.3 is 0 Å². The highest BCUT2D eigenvalue weighted by Gasteiger charge is 2.23. The average Bonchev–Trinajstić information content (AvgIpc) is 3.25. The molecular formula is C19H18N6OS. The fraction of sp³-hybridized carbons (Fsp3) is 0.263. The number of aryl methyl sites for hydroxylation is 1. The first-order valence-corrected chi connectivity index (χ1v) is 9.73. The molecule has 0 unspecified atom stereocenters. The second kappa shape index (κ2) is 6.40. The lowest BCUT2D eigenvalue weighted by molar-refractivity contribution is 0.238. The summed E-state index contributed by atoms with van der Waals surface area (Å²) in [7, 11) is 0. The summed E-state index contributed by atoms with van der Waals surface area (Å²) in [4.78, 5) is 32.3. The fourth-order valence-electron chi connectivity index (χ4n) is 3.60. The normalized spacial score (nSPS) is 14.6. The van der Waals surface area contributed by atoms with Crippen molar-refractivity contribution in [1.29, 1.82) is 0 Å². The Morgan fingerprint density at radius 3 is 3.11 bits per heavy atom. The summed E-state index contributed by atoms with van der Waals surface area (Å²) >= 11 is 1.64. The van der Waals surface area contributed by atoms with E-state index in [9.17, 15) is 4.79 Å². The number of aromatic nitrogens is 5. The largest absolute Gasteiger partial charge is 0.306 e. The molecule has 7 nitrogen and oxygen atoms in total. The van der Waals surface area contributed by atoms with Gasteiger partial charge in [0.1, 0.15) is 5.82 Å². The average molecular weight is 378 g/mol. The smallest absolute Gasteiger partial charge is 0.255 e. The van der Waals surface area contributed by atoms with E-state index in [4.69, 9.17) is 4.98 Å². The number of fused-ring (bicyclic) bond motifs is 2. The molecule has 0 spiro atoms. The Bertz CT molecular complexity index is 1180. The zero-order valence-electron chi connectivity index (χ0n) is 14.8. The van der Waals surface area contributed by atoms with Gasteiger partial charge in [-0.2, -0.15) is 0 Å². The van der Waals surface area contributed by atoms with Gasteiger partial charge in [-0.3, -0.25) is 19.1 Å². The summed E-state index contributed by atoms with van der Waals surface area (Å²) in [5.41, 5.74) is 4.65. The summed E-state index contributed by atoms with van der Waals surface area (Å²) in [6.07, 6.45) is 6.24. The van der Waals surface area contributed by atoms with E-state index in [0.29, 0.717) is 12.4 Å². The Kier molecular flexibility index (Phi) is 3.87. The number of H-pyrrole nitrogens is 1. The van der Waals surface area contributed by atoms with E-state index < -0.39 is 0 Å². The predicted octanol–water partition coefficient (Wildman–Crippen LogP) is 2.41. The molecule has 8 heteroatoms. The fourth-order valence-corrected chi connectivity index (χ4v) is 4.38. The quantitative estimate of drug-likeness (QED) is 0.592. The molecule has 0 aliphatic carbocycles. The molecule has 27 heavy (non-hydrogen) atoms. The monoisotopic (exact) mass is 378 g/mol. The van der Waals surface area contributed by atoms with Crippen LogP contribution >= 0.6 is 11.3 Å². The standard InChI is InChI=1S/C19H18N6OS/c1-12-16(25-7-8-27-19(25)21-12)11-24-6-4-15-14(10-24)18(26)23-17(22-15)13-3-2-5-20-9-13/h2-3,5,7-9H,4,6,10-11H2,1H3,(H,22,23,26). The maximum atomic E-state index is 12.7. The molecule has 0 amide bonds. The third-order valence-corrected chi connectivity index (χ3v) is 5.77. The van der Waals surface area contributed by atoms with Crippen LogP contribution in [0.5, 0.6) is 0 Å². The van der Waals surface area contributed by atoms with Crippen molar-refractivity contribution in [2.75, 3.05) is 6.54 Å². The van der Waals surface area contributed by atoms with Crippen LogP contribution in [0.2, 0.25) is 0 Å². The maximum Gasteiger partial charge on any atom is 0.255 e. The van der Waals surface area contributed by atoms with E-state index >= 15 is 0 Å². The van der Waals surface area contributed by atoms with Crippen LogP contribution in [0.1, 0.15) is 22.6 Å². The number of rotatable bonds is 3. The molecule has 1 aliphatic heterocycles. The summed E-state index contributed by atoms with van der Waals surface area (Å²) < 4.78 is 2.14. The molecule has 4 aromatic rings. The Hall–Kier alpha value is -2.84. The number of nitrogens with one attached hydrogen (secondary N) is 1. The summed E-state index contributed by atoms with van der Waals surface area (Å²) in [6.45, 7) is 4.28. The Morgan fingerprint density at radius 2 is 2.26 bits per heavy atom. The van der Waals surface area contributed by atoms with Gasteiger partial charge in [0, 0.05) is 55.6 Å². The molecule has 0 saturated carbocycles. The summed E-state index contributed by atoms with van der Waals surface area (Å²) in [6, 6.07) is 3.75. The van der Waals surface area contributed by atoms with Gasteiger partial charge in [-0.05, 0) is 19.1 Å². The van der Waals surface area contributed by atoms with Crippen molar-refractivity contribution >= 4 is 16.3 Å². The van der Waals surface area contributed by atoms with Crippen molar-refractivity contribution in [2.24, 2.45) is 0 Å². The van der Waals surface area contributed by atoms with Gasteiger partial charge in [0.2, 0.25) is 0 Å². The second-order valence-electron chi connectivity index (χ2n) is 6.74. The molecule has 136 valence electrons. The third-order valence-electron chi connectivity index (χ3n) is 5.02. The first-order chi connectivity index (χ1) is 13.2. The van der Waals surface area contributed by atoms with Crippen molar-refractivity contribution in [2.45, 2.75) is 26.4 Å². The molecule has 0 atom stereocenters. The molecule has 5 heterocycles. The van der Waals surface area contributed by atoms with E-state index in [-0.39, 0.29) is 5.56 Å². The van der Waals surface area contributed by atoms with E-state index in [0.717, 1.165) is 47.0 Å². The Labute approximate surface area is 159 Å². The molecule has 0 saturated heterocycles. The number of thiazole rings is 1. The van der Waals surface area contributed by atoms with Gasteiger partial charge in [-0.25, -0.2) is 9.97 Å². The van der Waals surface area contributed by atoms with E-state index in [2.05, 4.69) is 30.4 Å². The van der Waals surface area contributed by atoms with Crippen molar-refractivity contribution in [3.8, 4) is 11.4 Å². The van der Waals surface area contributed by atoms with Gasteiger partial charge < -0.3 is 4.98 Å². The second-order valence-corrected chi connectivity index (χ2v) is 7.61. The molecule has 1 N–H and O–H groups in total. The molecule has 5 rings (SSSR count). The van der Waals surface area contributed by atoms with Crippen LogP contribution in [0.15, 0.2) is 40.9 Å². The molecule has 0 fully saturated rings. The lowest BCUT2D eigenvalue weighted by Gasteiger charge is -2.27. The first-order valence-electron chi connectivity index (χ1n) is 8.85. The molecular weight excluding hydrogens is 360 g/mol. The van der Waals surface area contributed by atoms with Crippen LogP contribution in [0.4, 0.5) is 0 Å². The highest BCUT2D eigenvalue weighted by atomic mass is 32.1. The predicted molar refractivity (Wildman–Crippen MR) is 104 cm³/mol. The van der Waals surface area contributed by atoms with Crippen molar-refractivity contribution in [3.05, 3.63) is 69.1 Å². The number of hydrogen-bond donors (Lipinski definition) is 1. The SMILES string of the molecule is Cc1nc2sccn2c1CN1CCc2nc(-c3cccnc3)[nH]c(=O)c2C1. The molecule has 0 radical (unpaired) electrons. The topological polar surface area (TPSA) is 79.2 Å². The zero-order valence-corrected chi connectivity index (χ0v) is 15.7. The zero-order chi connectivity index (χ0) is 18.4. The van der Waals surface area contributed by atoms with Crippen LogP contribution in [0.25, 0.3) is 16.3 Å². The van der Waals surface area contributed by atoms with E-state index in [1.807, 2.05) is 24.4 Å². The number of aromatic amines is 1. The molecule has 0 bridgehead atoms. The van der Waals surface area contributed by atoms with E-state index in [1.54, 1.807) is 23.7 Å². The summed E-state index contributed by atoms with van der Waals surface area (Å²) in [5, 5.41) is 2.05. The van der Waals surface area contributed by atoms with Crippen LogP contribution in [-0.4, -0.2) is 35.8 Å². The molecule has 0 aromatic carbocycles. The lowest BCUT2D eigenvalue weighted by atomic mass is 10.1. The molecule has 4 aromatic heterocycles. The van der Waals surface area contributed by atoms with Crippen molar-refractivity contribution in [1.82, 2.24) is 29.2 Å².